The van der Waals surface area contributed by atoms with Crippen LogP contribution in [0.2, 0.25) is 0 Å². The SMILES string of the molecule is COc1ccc(C(=O)COc2ccc([N+](=O)[O-])cc2F)cc1OC. The van der Waals surface area contributed by atoms with Crippen molar-refractivity contribution in [3.05, 3.63) is 57.9 Å². The highest BCUT2D eigenvalue weighted by Gasteiger charge is 2.15. The molecule has 0 saturated carbocycles. The van der Waals surface area contributed by atoms with Crippen LogP contribution in [0.1, 0.15) is 10.4 Å². The highest BCUT2D eigenvalue weighted by molar-refractivity contribution is 5.97. The molecule has 0 atom stereocenters. The Hall–Kier alpha value is -3.16. The standard InChI is InChI=1S/C16H14FNO6/c1-22-15-5-3-10(7-16(15)23-2)13(19)9-24-14-6-4-11(18(20)21)8-12(14)17/h3-8H,9H2,1-2H3. The summed E-state index contributed by atoms with van der Waals surface area (Å²) in [5.74, 6) is -0.714. The third kappa shape index (κ3) is 3.78. The van der Waals surface area contributed by atoms with E-state index in [-0.39, 0.29) is 5.75 Å². The van der Waals surface area contributed by atoms with E-state index in [2.05, 4.69) is 0 Å². The van der Waals surface area contributed by atoms with E-state index in [1.807, 2.05) is 0 Å². The van der Waals surface area contributed by atoms with E-state index in [0.717, 1.165) is 18.2 Å². The molecule has 0 radical (unpaired) electrons. The lowest BCUT2D eigenvalue weighted by Gasteiger charge is -2.10. The van der Waals surface area contributed by atoms with E-state index in [9.17, 15) is 19.3 Å². The second kappa shape index (κ2) is 7.40. The highest BCUT2D eigenvalue weighted by atomic mass is 19.1. The van der Waals surface area contributed by atoms with Gasteiger partial charge in [0.15, 0.2) is 35.5 Å². The van der Waals surface area contributed by atoms with Crippen LogP contribution in [-0.2, 0) is 0 Å². The predicted octanol–water partition coefficient (Wildman–Crippen LogP) is 3.01. The average Bonchev–Trinajstić information content (AvgIpc) is 2.59. The summed E-state index contributed by atoms with van der Waals surface area (Å²) >= 11 is 0. The summed E-state index contributed by atoms with van der Waals surface area (Å²) in [6.07, 6.45) is 0. The molecule has 0 fully saturated rings. The lowest BCUT2D eigenvalue weighted by atomic mass is 10.1. The third-order valence-corrected chi connectivity index (χ3v) is 3.19. The molecule has 0 aliphatic heterocycles. The molecular formula is C16H14FNO6. The summed E-state index contributed by atoms with van der Waals surface area (Å²) < 4.78 is 29.0. The number of nitrogens with zero attached hydrogens (tertiary/aromatic N) is 1. The van der Waals surface area contributed by atoms with E-state index in [4.69, 9.17) is 14.2 Å². The number of halogens is 1. The number of Topliss-reactive ketones (excluding diaryl/α,β-unsaturated/α-hetero) is 1. The van der Waals surface area contributed by atoms with Crippen molar-refractivity contribution in [3.63, 3.8) is 0 Å². The summed E-state index contributed by atoms with van der Waals surface area (Å²) in [5.41, 5.74) is -0.0963. The first-order valence-corrected chi connectivity index (χ1v) is 6.78. The molecule has 0 aliphatic carbocycles. The molecule has 0 saturated heterocycles. The van der Waals surface area contributed by atoms with Crippen LogP contribution in [0.3, 0.4) is 0 Å². The molecule has 0 bridgehead atoms. The number of non-ortho nitro benzene ring substituents is 1. The number of hydrogen-bond acceptors (Lipinski definition) is 6. The van der Waals surface area contributed by atoms with Crippen LogP contribution >= 0.6 is 0 Å². The quantitative estimate of drug-likeness (QED) is 0.439. The van der Waals surface area contributed by atoms with Gasteiger partial charge in [-0.15, -0.1) is 0 Å². The van der Waals surface area contributed by atoms with Gasteiger partial charge < -0.3 is 14.2 Å². The first kappa shape index (κ1) is 17.2. The van der Waals surface area contributed by atoms with Crippen LogP contribution in [-0.4, -0.2) is 31.5 Å². The van der Waals surface area contributed by atoms with E-state index >= 15 is 0 Å². The summed E-state index contributed by atoms with van der Waals surface area (Å²) in [6.45, 7) is -0.426. The van der Waals surface area contributed by atoms with Crippen LogP contribution in [0, 0.1) is 15.9 Å². The Morgan fingerprint density at radius 1 is 1.08 bits per heavy atom. The Kier molecular flexibility index (Phi) is 5.31. The van der Waals surface area contributed by atoms with Gasteiger partial charge in [0.25, 0.3) is 5.69 Å². The minimum atomic E-state index is -0.913. The van der Waals surface area contributed by atoms with Gasteiger partial charge in [0, 0.05) is 11.6 Å². The number of nitro benzene ring substituents is 1. The first-order chi connectivity index (χ1) is 11.5. The third-order valence-electron chi connectivity index (χ3n) is 3.19. The molecule has 0 heterocycles. The number of carbonyl (C=O) groups excluding carboxylic acids is 1. The lowest BCUT2D eigenvalue weighted by molar-refractivity contribution is -0.385. The number of nitro groups is 1. The van der Waals surface area contributed by atoms with Crippen LogP contribution in [0.15, 0.2) is 36.4 Å². The molecular weight excluding hydrogens is 321 g/mol. The Morgan fingerprint density at radius 3 is 2.33 bits per heavy atom. The van der Waals surface area contributed by atoms with Gasteiger partial charge in [-0.05, 0) is 24.3 Å². The van der Waals surface area contributed by atoms with Crippen molar-refractivity contribution in [2.75, 3.05) is 20.8 Å². The molecule has 2 rings (SSSR count). The van der Waals surface area contributed by atoms with Gasteiger partial charge in [-0.1, -0.05) is 0 Å². The van der Waals surface area contributed by atoms with Gasteiger partial charge in [-0.25, -0.2) is 4.39 Å². The molecule has 0 amide bonds. The van der Waals surface area contributed by atoms with Crippen molar-refractivity contribution in [1.82, 2.24) is 0 Å². The van der Waals surface area contributed by atoms with E-state index in [0.29, 0.717) is 17.1 Å². The summed E-state index contributed by atoms with van der Waals surface area (Å²) in [7, 11) is 2.91. The molecule has 8 heteroatoms. The van der Waals surface area contributed by atoms with Crippen molar-refractivity contribution in [2.24, 2.45) is 0 Å². The smallest absolute Gasteiger partial charge is 0.272 e. The number of carbonyl (C=O) groups is 1. The van der Waals surface area contributed by atoms with Crippen molar-refractivity contribution in [3.8, 4) is 17.2 Å². The molecule has 24 heavy (non-hydrogen) atoms. The van der Waals surface area contributed by atoms with Gasteiger partial charge in [-0.3, -0.25) is 14.9 Å². The van der Waals surface area contributed by atoms with Gasteiger partial charge in [0.1, 0.15) is 0 Å². The first-order valence-electron chi connectivity index (χ1n) is 6.78. The lowest BCUT2D eigenvalue weighted by Crippen LogP contribution is -2.12. The monoisotopic (exact) mass is 335 g/mol. The second-order valence-corrected chi connectivity index (χ2v) is 4.65. The Labute approximate surface area is 136 Å². The maximum atomic E-state index is 13.7. The van der Waals surface area contributed by atoms with E-state index < -0.39 is 28.8 Å². The van der Waals surface area contributed by atoms with Gasteiger partial charge in [0.05, 0.1) is 25.2 Å². The number of methoxy groups -OCH3 is 2. The fraction of sp³-hybridized carbons (Fsp3) is 0.188. The van der Waals surface area contributed by atoms with Crippen molar-refractivity contribution < 1.29 is 28.3 Å². The van der Waals surface area contributed by atoms with Crippen molar-refractivity contribution in [2.45, 2.75) is 0 Å². The maximum Gasteiger partial charge on any atom is 0.272 e. The van der Waals surface area contributed by atoms with Crippen LogP contribution in [0.4, 0.5) is 10.1 Å². The van der Waals surface area contributed by atoms with E-state index in [1.54, 1.807) is 6.07 Å². The molecule has 126 valence electrons. The molecule has 0 unspecified atom stereocenters. The zero-order valence-electron chi connectivity index (χ0n) is 12.9. The van der Waals surface area contributed by atoms with Crippen LogP contribution in [0.5, 0.6) is 17.2 Å². The van der Waals surface area contributed by atoms with Crippen LogP contribution < -0.4 is 14.2 Å². The zero-order chi connectivity index (χ0) is 17.7. The zero-order valence-corrected chi connectivity index (χ0v) is 12.9. The summed E-state index contributed by atoms with van der Waals surface area (Å²) in [6, 6.07) is 7.51. The fourth-order valence-corrected chi connectivity index (χ4v) is 1.96. The summed E-state index contributed by atoms with van der Waals surface area (Å²) in [4.78, 5) is 21.9. The van der Waals surface area contributed by atoms with Crippen molar-refractivity contribution in [1.29, 1.82) is 0 Å². The Bertz CT molecular complexity index is 777. The Morgan fingerprint density at radius 2 is 1.75 bits per heavy atom. The number of ketones is 1. The molecule has 0 aliphatic rings. The molecule has 0 spiro atoms. The fourth-order valence-electron chi connectivity index (χ4n) is 1.96. The van der Waals surface area contributed by atoms with Gasteiger partial charge in [-0.2, -0.15) is 0 Å². The average molecular weight is 335 g/mol. The molecule has 2 aromatic rings. The predicted molar refractivity (Wildman–Crippen MR) is 82.4 cm³/mol. The normalized spacial score (nSPS) is 10.1. The topological polar surface area (TPSA) is 87.9 Å². The van der Waals surface area contributed by atoms with Gasteiger partial charge >= 0.3 is 0 Å². The number of benzene rings is 2. The molecule has 0 N–H and O–H groups in total. The van der Waals surface area contributed by atoms with Gasteiger partial charge in [0.2, 0.25) is 0 Å². The van der Waals surface area contributed by atoms with Crippen molar-refractivity contribution >= 4 is 11.5 Å². The number of rotatable bonds is 7. The Balaban J connectivity index is 2.09. The number of ether oxygens (including phenoxy) is 3. The summed E-state index contributed by atoms with van der Waals surface area (Å²) in [5, 5.41) is 10.6. The maximum absolute atomic E-state index is 13.7. The number of hydrogen-bond donors (Lipinski definition) is 0. The molecule has 2 aromatic carbocycles. The second-order valence-electron chi connectivity index (χ2n) is 4.65. The highest BCUT2D eigenvalue weighted by Crippen LogP contribution is 2.28. The molecule has 7 nitrogen and oxygen atoms in total. The van der Waals surface area contributed by atoms with Crippen LogP contribution in [0.25, 0.3) is 0 Å². The molecule has 0 aromatic heterocycles. The largest absolute Gasteiger partial charge is 0.493 e. The van der Waals surface area contributed by atoms with E-state index in [1.165, 1.54) is 26.4 Å². The minimum absolute atomic E-state index is 0.241. The minimum Gasteiger partial charge on any atom is -0.493 e.